The van der Waals surface area contributed by atoms with Crippen LogP contribution < -0.4 is 14.2 Å². The second-order valence-corrected chi connectivity index (χ2v) is 5.20. The second-order valence-electron chi connectivity index (χ2n) is 5.20. The van der Waals surface area contributed by atoms with E-state index in [0.29, 0.717) is 5.75 Å². The van der Waals surface area contributed by atoms with Gasteiger partial charge in [0, 0.05) is 0 Å². The number of halogens is 3. The van der Waals surface area contributed by atoms with E-state index in [-0.39, 0.29) is 22.6 Å². The van der Waals surface area contributed by atoms with Crippen LogP contribution in [-0.4, -0.2) is 27.1 Å². The van der Waals surface area contributed by atoms with Gasteiger partial charge in [0.25, 0.3) is 0 Å². The first-order valence-corrected chi connectivity index (χ1v) is 7.50. The molecule has 2 aromatic carbocycles. The summed E-state index contributed by atoms with van der Waals surface area (Å²) in [6, 6.07) is 7.74. The maximum absolute atomic E-state index is 12.8. The number of benzene rings is 2. The van der Waals surface area contributed by atoms with Gasteiger partial charge in [-0.15, -0.1) is 0 Å². The van der Waals surface area contributed by atoms with Crippen molar-refractivity contribution in [3.05, 3.63) is 59.2 Å². The predicted octanol–water partition coefficient (Wildman–Crippen LogP) is 4.63. The molecular formula is C19H17F3O4. The largest absolute Gasteiger partial charge is 0.493 e. The van der Waals surface area contributed by atoms with Crippen molar-refractivity contribution in [2.75, 3.05) is 21.3 Å². The summed E-state index contributed by atoms with van der Waals surface area (Å²) in [5, 5.41) is 0. The third-order valence-corrected chi connectivity index (χ3v) is 3.61. The second kappa shape index (κ2) is 7.95. The number of allylic oxidation sites excluding steroid dienone is 1. The van der Waals surface area contributed by atoms with E-state index in [1.807, 2.05) is 0 Å². The zero-order valence-corrected chi connectivity index (χ0v) is 14.4. The summed E-state index contributed by atoms with van der Waals surface area (Å²) in [5.41, 5.74) is -0.322. The van der Waals surface area contributed by atoms with E-state index in [9.17, 15) is 18.0 Å². The minimum atomic E-state index is -4.44. The molecule has 2 rings (SSSR count). The van der Waals surface area contributed by atoms with E-state index in [1.165, 1.54) is 51.7 Å². The van der Waals surface area contributed by atoms with Gasteiger partial charge in [0.1, 0.15) is 0 Å². The Hall–Kier alpha value is -2.96. The van der Waals surface area contributed by atoms with Crippen LogP contribution in [0.4, 0.5) is 13.2 Å². The highest BCUT2D eigenvalue weighted by molar-refractivity contribution is 6.09. The Balaban J connectivity index is 2.35. The first-order valence-electron chi connectivity index (χ1n) is 7.50. The Morgan fingerprint density at radius 3 is 2.23 bits per heavy atom. The lowest BCUT2D eigenvalue weighted by molar-refractivity contribution is -0.137. The van der Waals surface area contributed by atoms with Gasteiger partial charge in [-0.05, 0) is 35.9 Å². The molecule has 26 heavy (non-hydrogen) atoms. The first kappa shape index (κ1) is 19.4. The van der Waals surface area contributed by atoms with Crippen molar-refractivity contribution < 1.29 is 32.2 Å². The molecule has 0 N–H and O–H groups in total. The van der Waals surface area contributed by atoms with Crippen LogP contribution in [-0.2, 0) is 6.18 Å². The number of hydrogen-bond donors (Lipinski definition) is 0. The van der Waals surface area contributed by atoms with Crippen LogP contribution in [0.1, 0.15) is 21.5 Å². The van der Waals surface area contributed by atoms with Crippen molar-refractivity contribution in [1.82, 2.24) is 0 Å². The third kappa shape index (κ3) is 4.17. The Kier molecular flexibility index (Phi) is 5.92. The van der Waals surface area contributed by atoms with E-state index in [2.05, 4.69) is 0 Å². The highest BCUT2D eigenvalue weighted by Gasteiger charge is 2.30. The maximum atomic E-state index is 12.8. The van der Waals surface area contributed by atoms with E-state index in [0.717, 1.165) is 12.1 Å². The van der Waals surface area contributed by atoms with Crippen molar-refractivity contribution in [3.63, 3.8) is 0 Å². The fourth-order valence-corrected chi connectivity index (χ4v) is 2.38. The van der Waals surface area contributed by atoms with Crippen molar-refractivity contribution >= 4 is 11.9 Å². The average Bonchev–Trinajstić information content (AvgIpc) is 2.64. The summed E-state index contributed by atoms with van der Waals surface area (Å²) in [6.45, 7) is 0. The van der Waals surface area contributed by atoms with E-state index in [4.69, 9.17) is 14.2 Å². The highest BCUT2D eigenvalue weighted by atomic mass is 19.4. The van der Waals surface area contributed by atoms with Gasteiger partial charge >= 0.3 is 6.18 Å². The van der Waals surface area contributed by atoms with E-state index in [1.54, 1.807) is 6.07 Å². The van der Waals surface area contributed by atoms with Gasteiger partial charge in [-0.3, -0.25) is 4.79 Å². The predicted molar refractivity (Wildman–Crippen MR) is 90.9 cm³/mol. The van der Waals surface area contributed by atoms with Gasteiger partial charge in [-0.2, -0.15) is 13.2 Å². The van der Waals surface area contributed by atoms with Gasteiger partial charge in [0.15, 0.2) is 17.3 Å². The number of carbonyl (C=O) groups is 1. The lowest BCUT2D eigenvalue weighted by Crippen LogP contribution is -2.04. The van der Waals surface area contributed by atoms with Crippen LogP contribution in [0, 0.1) is 0 Å². The molecule has 0 aliphatic heterocycles. The summed E-state index contributed by atoms with van der Waals surface area (Å²) in [7, 11) is 4.24. The zero-order chi connectivity index (χ0) is 19.3. The highest BCUT2D eigenvalue weighted by Crippen LogP contribution is 2.40. The van der Waals surface area contributed by atoms with Gasteiger partial charge in [-0.1, -0.05) is 18.2 Å². The standard InChI is InChI=1S/C19H17F3O4/c1-24-16-10-8-14(17(25-2)18(16)26-3)15(23)9-7-12-5-4-6-13(11-12)19(20,21)22/h4-11H,1-3H3/b9-7+. The van der Waals surface area contributed by atoms with Crippen LogP contribution in [0.15, 0.2) is 42.5 Å². The SMILES string of the molecule is COc1ccc(C(=O)/C=C/c2cccc(C(F)(F)F)c2)c(OC)c1OC. The van der Waals surface area contributed by atoms with Crippen molar-refractivity contribution in [1.29, 1.82) is 0 Å². The summed E-state index contributed by atoms with van der Waals surface area (Å²) in [6.07, 6.45) is -1.95. The molecule has 2 aromatic rings. The third-order valence-electron chi connectivity index (χ3n) is 3.61. The molecular weight excluding hydrogens is 349 g/mol. The lowest BCUT2D eigenvalue weighted by atomic mass is 10.1. The molecule has 0 fully saturated rings. The quantitative estimate of drug-likeness (QED) is 0.552. The van der Waals surface area contributed by atoms with Crippen LogP contribution >= 0.6 is 0 Å². The molecule has 0 radical (unpaired) electrons. The lowest BCUT2D eigenvalue weighted by Gasteiger charge is -2.14. The summed E-state index contributed by atoms with van der Waals surface area (Å²) < 4.78 is 53.9. The minimum Gasteiger partial charge on any atom is -0.493 e. The monoisotopic (exact) mass is 366 g/mol. The van der Waals surface area contributed by atoms with Crippen molar-refractivity contribution in [2.24, 2.45) is 0 Å². The molecule has 0 amide bonds. The average molecular weight is 366 g/mol. The minimum absolute atomic E-state index is 0.186. The summed E-state index contributed by atoms with van der Waals surface area (Å²) >= 11 is 0. The molecule has 0 bridgehead atoms. The molecule has 0 aliphatic rings. The maximum Gasteiger partial charge on any atom is 0.416 e. The van der Waals surface area contributed by atoms with Gasteiger partial charge in [0.2, 0.25) is 5.75 Å². The molecule has 0 saturated heterocycles. The molecule has 0 unspecified atom stereocenters. The van der Waals surface area contributed by atoms with Crippen LogP contribution in [0.3, 0.4) is 0 Å². The number of ether oxygens (including phenoxy) is 3. The fourth-order valence-electron chi connectivity index (χ4n) is 2.38. The summed E-state index contributed by atoms with van der Waals surface area (Å²) in [4.78, 5) is 12.5. The number of methoxy groups -OCH3 is 3. The number of alkyl halides is 3. The topological polar surface area (TPSA) is 44.8 Å². The molecule has 0 spiro atoms. The normalized spacial score (nSPS) is 11.5. The van der Waals surface area contributed by atoms with Gasteiger partial charge in [0.05, 0.1) is 32.5 Å². The molecule has 7 heteroatoms. The van der Waals surface area contributed by atoms with Gasteiger partial charge < -0.3 is 14.2 Å². The molecule has 138 valence electrons. The molecule has 0 aliphatic carbocycles. The molecule has 0 atom stereocenters. The zero-order valence-electron chi connectivity index (χ0n) is 14.4. The number of hydrogen-bond acceptors (Lipinski definition) is 4. The Bertz CT molecular complexity index is 826. The van der Waals surface area contributed by atoms with Crippen LogP contribution in [0.25, 0.3) is 6.08 Å². The molecule has 4 nitrogen and oxygen atoms in total. The molecule has 0 aromatic heterocycles. The van der Waals surface area contributed by atoms with Crippen LogP contribution in [0.5, 0.6) is 17.2 Å². The van der Waals surface area contributed by atoms with Crippen molar-refractivity contribution in [2.45, 2.75) is 6.18 Å². The molecule has 0 heterocycles. The van der Waals surface area contributed by atoms with Gasteiger partial charge in [-0.25, -0.2) is 0 Å². The Morgan fingerprint density at radius 2 is 1.65 bits per heavy atom. The number of rotatable bonds is 6. The number of ketones is 1. The molecule has 0 saturated carbocycles. The fraction of sp³-hybridized carbons (Fsp3) is 0.211. The Labute approximate surface area is 148 Å². The van der Waals surface area contributed by atoms with E-state index >= 15 is 0 Å². The smallest absolute Gasteiger partial charge is 0.416 e. The first-order chi connectivity index (χ1) is 12.3. The van der Waals surface area contributed by atoms with E-state index < -0.39 is 17.5 Å². The van der Waals surface area contributed by atoms with Crippen molar-refractivity contribution in [3.8, 4) is 17.2 Å². The van der Waals surface area contributed by atoms with Crippen LogP contribution in [0.2, 0.25) is 0 Å². The number of carbonyl (C=O) groups excluding carboxylic acids is 1. The summed E-state index contributed by atoms with van der Waals surface area (Å²) in [5.74, 6) is 0.391. The Morgan fingerprint density at radius 1 is 0.962 bits per heavy atom.